The highest BCUT2D eigenvalue weighted by Crippen LogP contribution is 2.22. The van der Waals surface area contributed by atoms with Crippen LogP contribution in [0.5, 0.6) is 17.2 Å². The minimum absolute atomic E-state index is 0.258. The number of carbonyl (C=O) groups excluding carboxylic acids is 3. The van der Waals surface area contributed by atoms with Gasteiger partial charge in [0.2, 0.25) is 0 Å². The molecule has 0 aliphatic carbocycles. The monoisotopic (exact) mass is 582 g/mol. The molecule has 0 aliphatic heterocycles. The molecule has 0 saturated heterocycles. The van der Waals surface area contributed by atoms with Crippen molar-refractivity contribution in [3.63, 3.8) is 0 Å². The number of nitrogens with one attached hydrogen (secondary N) is 3. The van der Waals surface area contributed by atoms with Gasteiger partial charge in [0.25, 0.3) is 5.91 Å². The molecule has 0 fully saturated rings. The molecule has 0 saturated carbocycles. The molecule has 0 radical (unpaired) electrons. The highest BCUT2D eigenvalue weighted by Gasteiger charge is 2.13. The van der Waals surface area contributed by atoms with Gasteiger partial charge in [-0.1, -0.05) is 22.9 Å². The fourth-order valence-electron chi connectivity index (χ4n) is 3.02. The first-order valence-corrected chi connectivity index (χ1v) is 12.4. The summed E-state index contributed by atoms with van der Waals surface area (Å²) in [7, 11) is 1.56. The molecule has 3 rings (SSSR count). The third-order valence-corrected chi connectivity index (χ3v) is 5.36. The lowest BCUT2D eigenvalue weighted by Crippen LogP contribution is -2.32. The van der Waals surface area contributed by atoms with Crippen LogP contribution in [0.2, 0.25) is 0 Å². The minimum Gasteiger partial charge on any atom is -0.497 e. The zero-order valence-electron chi connectivity index (χ0n) is 20.8. The third-order valence-electron chi connectivity index (χ3n) is 4.87. The van der Waals surface area contributed by atoms with Crippen LogP contribution in [0.25, 0.3) is 0 Å². The van der Waals surface area contributed by atoms with Crippen LogP contribution in [0.1, 0.15) is 18.9 Å². The quantitative estimate of drug-likeness (QED) is 0.175. The van der Waals surface area contributed by atoms with Crippen LogP contribution < -0.4 is 30.3 Å². The summed E-state index contributed by atoms with van der Waals surface area (Å²) in [5, 5.41) is 9.06. The Kier molecular flexibility index (Phi) is 10.7. The standard InChI is InChI=1S/C27H27BrN4O6/c1-3-14-37-23-11-7-21(8-12-23)31-26(34)27(35)32-29-16-18-15-19(28)4-13-24(18)38-17-25(33)30-20-5-9-22(36-2)10-6-20/h4-13,15-16H,3,14,17H2,1-2H3,(H,30,33)(H,31,34)(H,32,35)/b29-16-. The molecular weight excluding hydrogens is 556 g/mol. The van der Waals surface area contributed by atoms with Gasteiger partial charge in [0.15, 0.2) is 6.61 Å². The molecule has 3 aromatic rings. The molecule has 0 unspecified atom stereocenters. The predicted molar refractivity (Wildman–Crippen MR) is 148 cm³/mol. The number of hydrogen-bond acceptors (Lipinski definition) is 7. The normalized spacial score (nSPS) is 10.5. The van der Waals surface area contributed by atoms with Gasteiger partial charge in [0.1, 0.15) is 17.2 Å². The molecule has 3 amide bonds. The van der Waals surface area contributed by atoms with E-state index >= 15 is 0 Å². The molecule has 3 N–H and O–H groups in total. The summed E-state index contributed by atoms with van der Waals surface area (Å²) < 4.78 is 17.0. The van der Waals surface area contributed by atoms with Gasteiger partial charge in [-0.05, 0) is 73.2 Å². The number of halogens is 1. The van der Waals surface area contributed by atoms with Crippen LogP contribution >= 0.6 is 15.9 Å². The Hall–Kier alpha value is -4.38. The van der Waals surface area contributed by atoms with Gasteiger partial charge in [-0.2, -0.15) is 5.10 Å². The van der Waals surface area contributed by atoms with Gasteiger partial charge in [-0.15, -0.1) is 0 Å². The number of amides is 3. The van der Waals surface area contributed by atoms with E-state index in [1.54, 1.807) is 73.8 Å². The Morgan fingerprint density at radius 3 is 2.18 bits per heavy atom. The Morgan fingerprint density at radius 1 is 0.868 bits per heavy atom. The Bertz CT molecular complexity index is 1280. The second-order valence-corrected chi connectivity index (χ2v) is 8.69. The highest BCUT2D eigenvalue weighted by atomic mass is 79.9. The molecule has 0 bridgehead atoms. The zero-order valence-corrected chi connectivity index (χ0v) is 22.4. The number of hydrogen-bond donors (Lipinski definition) is 3. The van der Waals surface area contributed by atoms with Crippen molar-refractivity contribution in [3.05, 3.63) is 76.8 Å². The predicted octanol–water partition coefficient (Wildman–Crippen LogP) is 4.35. The van der Waals surface area contributed by atoms with E-state index in [9.17, 15) is 14.4 Å². The average Bonchev–Trinajstić information content (AvgIpc) is 2.92. The summed E-state index contributed by atoms with van der Waals surface area (Å²) in [4.78, 5) is 36.6. The zero-order chi connectivity index (χ0) is 27.3. The van der Waals surface area contributed by atoms with E-state index in [4.69, 9.17) is 14.2 Å². The smallest absolute Gasteiger partial charge is 0.329 e. The number of methoxy groups -OCH3 is 1. The Balaban J connectivity index is 1.53. The van der Waals surface area contributed by atoms with Gasteiger partial charge >= 0.3 is 11.8 Å². The fourth-order valence-corrected chi connectivity index (χ4v) is 3.40. The van der Waals surface area contributed by atoms with Gasteiger partial charge in [0, 0.05) is 21.4 Å². The first kappa shape index (κ1) is 28.2. The number of benzene rings is 3. The lowest BCUT2D eigenvalue weighted by molar-refractivity contribution is -0.136. The van der Waals surface area contributed by atoms with Gasteiger partial charge < -0.3 is 24.8 Å². The van der Waals surface area contributed by atoms with Crippen LogP contribution in [0.4, 0.5) is 11.4 Å². The number of ether oxygens (including phenoxy) is 3. The largest absolute Gasteiger partial charge is 0.497 e. The van der Waals surface area contributed by atoms with Crippen molar-refractivity contribution in [3.8, 4) is 17.2 Å². The maximum absolute atomic E-state index is 12.3. The lowest BCUT2D eigenvalue weighted by Gasteiger charge is -2.10. The molecule has 0 aromatic heterocycles. The first-order chi connectivity index (χ1) is 18.4. The van der Waals surface area contributed by atoms with Crippen molar-refractivity contribution in [2.45, 2.75) is 13.3 Å². The van der Waals surface area contributed by atoms with Crippen molar-refractivity contribution in [2.24, 2.45) is 5.10 Å². The molecule has 0 aliphatic rings. The van der Waals surface area contributed by atoms with Crippen LogP contribution in [0, 0.1) is 0 Å². The molecule has 0 heterocycles. The van der Waals surface area contributed by atoms with Crippen molar-refractivity contribution in [1.82, 2.24) is 5.43 Å². The van der Waals surface area contributed by atoms with Crippen LogP contribution in [-0.4, -0.2) is 44.3 Å². The van der Waals surface area contributed by atoms with E-state index < -0.39 is 11.8 Å². The van der Waals surface area contributed by atoms with Gasteiger partial charge in [0.05, 0.1) is 19.9 Å². The molecule has 10 nitrogen and oxygen atoms in total. The van der Waals surface area contributed by atoms with Crippen molar-refractivity contribution in [2.75, 3.05) is 31.0 Å². The van der Waals surface area contributed by atoms with E-state index in [2.05, 4.69) is 37.1 Å². The van der Waals surface area contributed by atoms with E-state index in [0.29, 0.717) is 40.8 Å². The molecule has 38 heavy (non-hydrogen) atoms. The Morgan fingerprint density at radius 2 is 1.53 bits per heavy atom. The summed E-state index contributed by atoms with van der Waals surface area (Å²) in [5.41, 5.74) is 3.68. The summed E-state index contributed by atoms with van der Waals surface area (Å²) in [6, 6.07) is 18.6. The van der Waals surface area contributed by atoms with Crippen LogP contribution in [0.3, 0.4) is 0 Å². The maximum Gasteiger partial charge on any atom is 0.329 e. The van der Waals surface area contributed by atoms with Crippen LogP contribution in [0.15, 0.2) is 76.3 Å². The molecule has 11 heteroatoms. The van der Waals surface area contributed by atoms with Crippen molar-refractivity contribution in [1.29, 1.82) is 0 Å². The molecule has 0 atom stereocenters. The number of nitrogens with zero attached hydrogens (tertiary/aromatic N) is 1. The molecule has 198 valence electrons. The van der Waals surface area contributed by atoms with E-state index in [1.165, 1.54) is 6.21 Å². The SMILES string of the molecule is CCCOc1ccc(NC(=O)C(=O)N/N=C\c2cc(Br)ccc2OCC(=O)Nc2ccc(OC)cc2)cc1. The minimum atomic E-state index is -0.955. The fraction of sp³-hybridized carbons (Fsp3) is 0.185. The second kappa shape index (κ2) is 14.4. The Labute approximate surface area is 228 Å². The van der Waals surface area contributed by atoms with E-state index in [-0.39, 0.29) is 12.5 Å². The van der Waals surface area contributed by atoms with Gasteiger partial charge in [-0.25, -0.2) is 5.43 Å². The summed E-state index contributed by atoms with van der Waals surface area (Å²) >= 11 is 3.37. The highest BCUT2D eigenvalue weighted by molar-refractivity contribution is 9.10. The van der Waals surface area contributed by atoms with Gasteiger partial charge in [-0.3, -0.25) is 14.4 Å². The molecular formula is C27H27BrN4O6. The molecule has 0 spiro atoms. The summed E-state index contributed by atoms with van der Waals surface area (Å²) in [6.07, 6.45) is 2.19. The first-order valence-electron chi connectivity index (χ1n) is 11.6. The number of carbonyl (C=O) groups is 3. The van der Waals surface area contributed by atoms with Crippen molar-refractivity contribution >= 4 is 51.2 Å². The molecule has 3 aromatic carbocycles. The number of hydrazone groups is 1. The summed E-state index contributed by atoms with van der Waals surface area (Å²) in [6.45, 7) is 2.34. The van der Waals surface area contributed by atoms with E-state index in [1.807, 2.05) is 6.92 Å². The summed E-state index contributed by atoms with van der Waals surface area (Å²) in [5.74, 6) is -0.505. The number of rotatable bonds is 11. The average molecular weight is 583 g/mol. The maximum atomic E-state index is 12.3. The van der Waals surface area contributed by atoms with Crippen LogP contribution in [-0.2, 0) is 14.4 Å². The van der Waals surface area contributed by atoms with E-state index in [0.717, 1.165) is 10.9 Å². The second-order valence-electron chi connectivity index (χ2n) is 7.77. The third kappa shape index (κ3) is 8.93. The van der Waals surface area contributed by atoms with Crippen molar-refractivity contribution < 1.29 is 28.6 Å². The topological polar surface area (TPSA) is 127 Å². The number of anilines is 2. The lowest BCUT2D eigenvalue weighted by atomic mass is 10.2.